The molecule has 1 heterocycles. The number of fused-ring (bicyclic) bond motifs is 8. The number of allylic oxidation sites excluding steroid dienone is 4. The maximum absolute atomic E-state index is 5.48. The van der Waals surface area contributed by atoms with Gasteiger partial charge in [0, 0.05) is 33.6 Å². The van der Waals surface area contributed by atoms with Gasteiger partial charge in [0.15, 0.2) is 0 Å². The van der Waals surface area contributed by atoms with Gasteiger partial charge >= 0.3 is 0 Å². The fraction of sp³-hybridized carbons (Fsp3) is 0.180. The summed E-state index contributed by atoms with van der Waals surface area (Å²) in [6.45, 7) is 4.92. The highest BCUT2D eigenvalue weighted by Crippen LogP contribution is 2.63. The number of benzene rings is 7. The molecule has 7 aromatic carbocycles. The number of nitrogens with zero attached hydrogens (tertiary/aromatic N) is 2. The van der Waals surface area contributed by atoms with E-state index in [9.17, 15) is 0 Å². The maximum Gasteiger partial charge on any atom is 0.0973 e. The molecule has 1 spiro atoms. The van der Waals surface area contributed by atoms with Crippen molar-refractivity contribution in [1.82, 2.24) is 9.97 Å². The number of hydrogen-bond donors (Lipinski definition) is 0. The van der Waals surface area contributed by atoms with Gasteiger partial charge in [-0.2, -0.15) is 0 Å². The van der Waals surface area contributed by atoms with E-state index in [1.54, 1.807) is 11.1 Å². The molecule has 0 N–H and O–H groups in total. The Balaban J connectivity index is 0.917. The summed E-state index contributed by atoms with van der Waals surface area (Å²) >= 11 is 0. The second-order valence-corrected chi connectivity index (χ2v) is 18.8. The van der Waals surface area contributed by atoms with Crippen molar-refractivity contribution in [2.75, 3.05) is 0 Å². The van der Waals surface area contributed by atoms with Crippen LogP contribution >= 0.6 is 0 Å². The molecule has 2 heteroatoms. The van der Waals surface area contributed by atoms with Crippen LogP contribution < -0.4 is 0 Å². The largest absolute Gasteiger partial charge is 0.243 e. The molecule has 1 aromatic heterocycles. The summed E-state index contributed by atoms with van der Waals surface area (Å²) in [5.41, 5.74) is 22.0. The molecule has 4 aliphatic carbocycles. The lowest BCUT2D eigenvalue weighted by Crippen LogP contribution is -2.31. The summed E-state index contributed by atoms with van der Waals surface area (Å²) in [6, 6.07) is 66.1. The Morgan fingerprint density at radius 3 is 1.49 bits per heavy atom. The Morgan fingerprint density at radius 1 is 0.413 bits per heavy atom. The van der Waals surface area contributed by atoms with Crippen LogP contribution in [-0.4, -0.2) is 9.97 Å². The molecule has 63 heavy (non-hydrogen) atoms. The quantitative estimate of drug-likeness (QED) is 0.167. The van der Waals surface area contributed by atoms with E-state index in [2.05, 4.69) is 202 Å². The van der Waals surface area contributed by atoms with E-state index in [0.717, 1.165) is 45.0 Å². The molecule has 1 saturated carbocycles. The van der Waals surface area contributed by atoms with E-state index in [0.29, 0.717) is 11.8 Å². The van der Waals surface area contributed by atoms with Crippen LogP contribution in [0.3, 0.4) is 0 Å². The van der Waals surface area contributed by atoms with Gasteiger partial charge in [0.1, 0.15) is 0 Å². The first-order chi connectivity index (χ1) is 31.0. The zero-order valence-electron chi connectivity index (χ0n) is 36.1. The molecule has 8 aromatic rings. The van der Waals surface area contributed by atoms with E-state index < -0.39 is 0 Å². The molecule has 304 valence electrons. The van der Waals surface area contributed by atoms with E-state index in [1.165, 1.54) is 76.6 Å². The Hall–Kier alpha value is -6.90. The predicted molar refractivity (Wildman–Crippen MR) is 261 cm³/mol. The van der Waals surface area contributed by atoms with Crippen molar-refractivity contribution in [1.29, 1.82) is 0 Å². The Kier molecular flexibility index (Phi) is 8.94. The third kappa shape index (κ3) is 6.14. The third-order valence-corrected chi connectivity index (χ3v) is 15.0. The summed E-state index contributed by atoms with van der Waals surface area (Å²) in [4.78, 5) is 10.9. The SMILES string of the molecule is CC1(C)c2ccccc2C2C=C3C(=CC21)c1ccc(-c2cccc(-c4ccc(-c5nc(-c6ccccc6)c(-c6ccccc6)nc5-c5ccccc5)cc4)c2)cc1C31CCCCC1. The van der Waals surface area contributed by atoms with Crippen LogP contribution in [-0.2, 0) is 10.8 Å². The van der Waals surface area contributed by atoms with Crippen LogP contribution in [0.25, 0.3) is 72.9 Å². The highest BCUT2D eigenvalue weighted by molar-refractivity contribution is 5.93. The Morgan fingerprint density at radius 2 is 0.889 bits per heavy atom. The van der Waals surface area contributed by atoms with Gasteiger partial charge in [-0.15, -0.1) is 0 Å². The van der Waals surface area contributed by atoms with Crippen LogP contribution in [0.1, 0.15) is 74.1 Å². The average Bonchev–Trinajstić information content (AvgIpc) is 3.74. The summed E-state index contributed by atoms with van der Waals surface area (Å²) in [5.74, 6) is 0.918. The summed E-state index contributed by atoms with van der Waals surface area (Å²) < 4.78 is 0. The highest BCUT2D eigenvalue weighted by Gasteiger charge is 2.52. The van der Waals surface area contributed by atoms with Crippen LogP contribution in [0.4, 0.5) is 0 Å². The molecule has 0 radical (unpaired) electrons. The molecule has 2 unspecified atom stereocenters. The topological polar surface area (TPSA) is 25.8 Å². The standard InChI is InChI=1S/C61H50N2/c1-60(2)52-27-14-13-26-48(52)50-39-55-51(38-53(50)60)49-33-32-47(37-54(49)61(55)34-15-6-16-35-61)46-25-17-24-45(36-46)40-28-30-44(31-29-40)59-58(43-22-11-5-12-23-43)62-56(41-18-7-3-8-19-41)57(63-59)42-20-9-4-10-21-42/h3-5,7-14,17-33,36-39,50,53H,6,15-16,34-35H2,1-2H3. The summed E-state index contributed by atoms with van der Waals surface area (Å²) in [6.07, 6.45) is 11.8. The van der Waals surface area contributed by atoms with Crippen LogP contribution in [0, 0.1) is 5.92 Å². The predicted octanol–water partition coefficient (Wildman–Crippen LogP) is 15.7. The van der Waals surface area contributed by atoms with Crippen molar-refractivity contribution >= 4 is 5.57 Å². The van der Waals surface area contributed by atoms with Crippen LogP contribution in [0.15, 0.2) is 200 Å². The van der Waals surface area contributed by atoms with Crippen molar-refractivity contribution in [3.05, 3.63) is 222 Å². The van der Waals surface area contributed by atoms with Gasteiger partial charge in [0.2, 0.25) is 0 Å². The molecular formula is C61H50N2. The molecule has 0 aliphatic heterocycles. The minimum atomic E-state index is 0.0939. The first-order valence-corrected chi connectivity index (χ1v) is 22.9. The van der Waals surface area contributed by atoms with Crippen molar-refractivity contribution in [3.63, 3.8) is 0 Å². The first-order valence-electron chi connectivity index (χ1n) is 22.9. The van der Waals surface area contributed by atoms with E-state index >= 15 is 0 Å². The lowest BCUT2D eigenvalue weighted by molar-refractivity contribution is 0.345. The molecule has 0 saturated heterocycles. The van der Waals surface area contributed by atoms with Gasteiger partial charge in [-0.25, -0.2) is 9.97 Å². The van der Waals surface area contributed by atoms with Gasteiger partial charge in [0.25, 0.3) is 0 Å². The number of rotatable bonds is 6. The van der Waals surface area contributed by atoms with E-state index in [4.69, 9.17) is 9.97 Å². The lowest BCUT2D eigenvalue weighted by Gasteiger charge is -2.39. The summed E-state index contributed by atoms with van der Waals surface area (Å²) in [7, 11) is 0. The van der Waals surface area contributed by atoms with Gasteiger partial charge in [-0.3, -0.25) is 0 Å². The molecule has 2 atom stereocenters. The van der Waals surface area contributed by atoms with Crippen molar-refractivity contribution in [2.24, 2.45) is 5.92 Å². The van der Waals surface area contributed by atoms with Crippen molar-refractivity contribution < 1.29 is 0 Å². The molecule has 1 fully saturated rings. The Labute approximate surface area is 371 Å². The molecule has 0 bridgehead atoms. The average molecular weight is 811 g/mol. The first kappa shape index (κ1) is 37.8. The molecule has 0 amide bonds. The summed E-state index contributed by atoms with van der Waals surface area (Å²) in [5, 5.41) is 0. The lowest BCUT2D eigenvalue weighted by atomic mass is 9.64. The van der Waals surface area contributed by atoms with E-state index in [-0.39, 0.29) is 10.8 Å². The number of aromatic nitrogens is 2. The zero-order valence-corrected chi connectivity index (χ0v) is 36.1. The third-order valence-electron chi connectivity index (χ3n) is 15.0. The van der Waals surface area contributed by atoms with Crippen LogP contribution in [0.5, 0.6) is 0 Å². The number of hydrogen-bond acceptors (Lipinski definition) is 2. The van der Waals surface area contributed by atoms with E-state index in [1.807, 2.05) is 6.07 Å². The fourth-order valence-electron chi connectivity index (χ4n) is 11.8. The van der Waals surface area contributed by atoms with Crippen molar-refractivity contribution in [3.8, 4) is 67.3 Å². The minimum absolute atomic E-state index is 0.0939. The normalized spacial score (nSPS) is 18.8. The smallest absolute Gasteiger partial charge is 0.0973 e. The Bertz CT molecular complexity index is 3090. The zero-order chi connectivity index (χ0) is 42.1. The highest BCUT2D eigenvalue weighted by atomic mass is 14.9. The molecular weight excluding hydrogens is 761 g/mol. The molecule has 4 aliphatic rings. The van der Waals surface area contributed by atoms with Crippen molar-refractivity contribution in [2.45, 2.75) is 62.7 Å². The van der Waals surface area contributed by atoms with Gasteiger partial charge in [-0.1, -0.05) is 215 Å². The van der Waals surface area contributed by atoms with Gasteiger partial charge in [0.05, 0.1) is 22.8 Å². The molecule has 12 rings (SSSR count). The van der Waals surface area contributed by atoms with Crippen LogP contribution in [0.2, 0.25) is 0 Å². The molecule has 2 nitrogen and oxygen atoms in total. The second kappa shape index (κ2) is 14.9. The monoisotopic (exact) mass is 810 g/mol. The fourth-order valence-corrected chi connectivity index (χ4v) is 11.8. The van der Waals surface area contributed by atoms with Gasteiger partial charge < -0.3 is 0 Å². The minimum Gasteiger partial charge on any atom is -0.243 e. The second-order valence-electron chi connectivity index (χ2n) is 18.8. The van der Waals surface area contributed by atoms with Gasteiger partial charge in [-0.05, 0) is 92.0 Å². The maximum atomic E-state index is 5.48.